The molecule has 1 fully saturated rings. The molecule has 0 N–H and O–H groups in total. The fourth-order valence-corrected chi connectivity index (χ4v) is 4.06. The van der Waals surface area contributed by atoms with Crippen LogP contribution in [-0.4, -0.2) is 42.8 Å². The number of rotatable bonds is 3. The first-order valence-electron chi connectivity index (χ1n) is 9.23. The molecule has 6 heteroatoms. The minimum atomic E-state index is 0.175. The van der Waals surface area contributed by atoms with Gasteiger partial charge in [-0.2, -0.15) is 0 Å². The van der Waals surface area contributed by atoms with Crippen molar-refractivity contribution in [3.63, 3.8) is 0 Å². The largest absolute Gasteiger partial charge is 0.342 e. The van der Waals surface area contributed by atoms with Gasteiger partial charge in [-0.1, -0.05) is 6.07 Å². The van der Waals surface area contributed by atoms with E-state index in [9.17, 15) is 4.79 Å². The van der Waals surface area contributed by atoms with Gasteiger partial charge >= 0.3 is 0 Å². The van der Waals surface area contributed by atoms with Crippen molar-refractivity contribution < 1.29 is 4.79 Å². The normalized spacial score (nSPS) is 17.8. The number of carbonyl (C=O) groups excluding carboxylic acids is 1. The van der Waals surface area contributed by atoms with E-state index in [-0.39, 0.29) is 5.91 Å². The first-order valence-corrected chi connectivity index (χ1v) is 9.23. The average molecular weight is 351 g/mol. The molecule has 1 saturated heterocycles. The summed E-state index contributed by atoms with van der Waals surface area (Å²) in [6.45, 7) is 5.57. The Morgan fingerprint density at radius 3 is 2.88 bits per heavy atom. The lowest BCUT2D eigenvalue weighted by Gasteiger charge is -2.32. The van der Waals surface area contributed by atoms with Crippen LogP contribution in [0.5, 0.6) is 0 Å². The van der Waals surface area contributed by atoms with Crippen molar-refractivity contribution in [3.05, 3.63) is 53.5 Å². The van der Waals surface area contributed by atoms with E-state index in [2.05, 4.69) is 20.7 Å². The van der Waals surface area contributed by atoms with Crippen molar-refractivity contribution in [2.75, 3.05) is 13.1 Å². The maximum absolute atomic E-state index is 13.0. The molecule has 1 unspecified atom stereocenters. The molecule has 3 aromatic rings. The first kappa shape index (κ1) is 16.8. The Morgan fingerprint density at radius 2 is 2.12 bits per heavy atom. The highest BCUT2D eigenvalue weighted by Gasteiger charge is 2.28. The van der Waals surface area contributed by atoms with E-state index in [1.165, 1.54) is 0 Å². The second kappa shape index (κ2) is 6.59. The van der Waals surface area contributed by atoms with Crippen molar-refractivity contribution in [3.8, 4) is 0 Å². The smallest absolute Gasteiger partial charge is 0.228 e. The van der Waals surface area contributed by atoms with E-state index in [0.29, 0.717) is 12.3 Å². The number of piperidine rings is 1. The number of nitrogens with zero attached hydrogens (tertiary/aromatic N) is 5. The maximum atomic E-state index is 13.0. The van der Waals surface area contributed by atoms with Crippen molar-refractivity contribution in [1.29, 1.82) is 0 Å². The molecule has 0 aliphatic carbocycles. The number of fused-ring (bicyclic) bond motifs is 1. The molecular formula is C20H25N5O. The molecular weight excluding hydrogens is 326 g/mol. The van der Waals surface area contributed by atoms with Crippen LogP contribution in [0.1, 0.15) is 41.7 Å². The molecule has 0 saturated carbocycles. The molecule has 1 aliphatic heterocycles. The third-order valence-corrected chi connectivity index (χ3v) is 5.32. The average Bonchev–Trinajstić information content (AvgIpc) is 3.14. The fraction of sp³-hybridized carbons (Fsp3) is 0.450. The molecule has 3 aromatic heterocycles. The number of imidazole rings is 2. The summed E-state index contributed by atoms with van der Waals surface area (Å²) in [5, 5.41) is 0. The summed E-state index contributed by atoms with van der Waals surface area (Å²) in [6, 6.07) is 5.92. The van der Waals surface area contributed by atoms with Gasteiger partial charge in [-0.25, -0.2) is 9.97 Å². The molecule has 0 spiro atoms. The van der Waals surface area contributed by atoms with Crippen molar-refractivity contribution >= 4 is 11.6 Å². The van der Waals surface area contributed by atoms with Crippen molar-refractivity contribution in [2.24, 2.45) is 7.05 Å². The van der Waals surface area contributed by atoms with Crippen LogP contribution in [0.4, 0.5) is 0 Å². The fourth-order valence-electron chi connectivity index (χ4n) is 4.06. The molecule has 1 atom stereocenters. The van der Waals surface area contributed by atoms with Gasteiger partial charge in [-0.3, -0.25) is 4.79 Å². The topological polar surface area (TPSA) is 55.4 Å². The van der Waals surface area contributed by atoms with E-state index < -0.39 is 0 Å². The standard InChI is InChI=1S/C20H25N5O/c1-14-12-23(3)20(21-14)16-7-6-9-24(13-16)19(26)11-17-15(2)22-18-8-4-5-10-25(17)18/h4-5,8,10,12,16H,6-7,9,11,13H2,1-3H3. The van der Waals surface area contributed by atoms with Gasteiger partial charge in [0, 0.05) is 38.4 Å². The molecule has 4 heterocycles. The first-order chi connectivity index (χ1) is 12.5. The minimum Gasteiger partial charge on any atom is -0.342 e. The number of likely N-dealkylation sites (tertiary alicyclic amines) is 1. The summed E-state index contributed by atoms with van der Waals surface area (Å²) in [7, 11) is 2.04. The minimum absolute atomic E-state index is 0.175. The zero-order valence-electron chi connectivity index (χ0n) is 15.6. The third kappa shape index (κ3) is 3.00. The van der Waals surface area contributed by atoms with Gasteiger partial charge < -0.3 is 13.9 Å². The monoisotopic (exact) mass is 351 g/mol. The van der Waals surface area contributed by atoms with Crippen LogP contribution in [0.25, 0.3) is 5.65 Å². The molecule has 136 valence electrons. The van der Waals surface area contributed by atoms with Gasteiger partial charge in [-0.05, 0) is 38.8 Å². The Bertz CT molecular complexity index is 954. The highest BCUT2D eigenvalue weighted by molar-refractivity contribution is 5.79. The zero-order valence-corrected chi connectivity index (χ0v) is 15.6. The van der Waals surface area contributed by atoms with Gasteiger partial charge in [0.15, 0.2) is 0 Å². The molecule has 1 aliphatic rings. The summed E-state index contributed by atoms with van der Waals surface area (Å²) in [5.74, 6) is 1.58. The summed E-state index contributed by atoms with van der Waals surface area (Å²) in [4.78, 5) is 24.2. The molecule has 0 radical (unpaired) electrons. The molecule has 4 rings (SSSR count). The Morgan fingerprint density at radius 1 is 1.27 bits per heavy atom. The Hall–Kier alpha value is -2.63. The highest BCUT2D eigenvalue weighted by atomic mass is 16.2. The van der Waals surface area contributed by atoms with Crippen LogP contribution < -0.4 is 0 Å². The van der Waals surface area contributed by atoms with Crippen molar-refractivity contribution in [1.82, 2.24) is 23.8 Å². The zero-order chi connectivity index (χ0) is 18.3. The lowest BCUT2D eigenvalue weighted by molar-refractivity contribution is -0.131. The van der Waals surface area contributed by atoms with E-state index in [0.717, 1.165) is 54.5 Å². The Labute approximate surface area is 153 Å². The molecule has 1 amide bonds. The third-order valence-electron chi connectivity index (χ3n) is 5.32. The lowest BCUT2D eigenvalue weighted by Crippen LogP contribution is -2.40. The Balaban J connectivity index is 1.52. The van der Waals surface area contributed by atoms with Crippen LogP contribution >= 0.6 is 0 Å². The van der Waals surface area contributed by atoms with Gasteiger partial charge in [0.2, 0.25) is 5.91 Å². The Kier molecular flexibility index (Phi) is 4.26. The predicted molar refractivity (Wildman–Crippen MR) is 100 cm³/mol. The molecule has 26 heavy (non-hydrogen) atoms. The van der Waals surface area contributed by atoms with Crippen LogP contribution in [0, 0.1) is 13.8 Å². The summed E-state index contributed by atoms with van der Waals surface area (Å²) in [5.41, 5.74) is 3.85. The molecule has 0 aromatic carbocycles. The summed E-state index contributed by atoms with van der Waals surface area (Å²) >= 11 is 0. The van der Waals surface area contributed by atoms with E-state index >= 15 is 0 Å². The number of pyridine rings is 1. The quantitative estimate of drug-likeness (QED) is 0.729. The van der Waals surface area contributed by atoms with Crippen LogP contribution in [-0.2, 0) is 18.3 Å². The number of carbonyl (C=O) groups is 1. The summed E-state index contributed by atoms with van der Waals surface area (Å²) < 4.78 is 4.12. The summed E-state index contributed by atoms with van der Waals surface area (Å²) in [6.07, 6.45) is 6.53. The van der Waals surface area contributed by atoms with Crippen molar-refractivity contribution in [2.45, 2.75) is 39.0 Å². The highest BCUT2D eigenvalue weighted by Crippen LogP contribution is 2.26. The van der Waals surface area contributed by atoms with Gasteiger partial charge in [-0.15, -0.1) is 0 Å². The predicted octanol–water partition coefficient (Wildman–Crippen LogP) is 2.63. The van der Waals surface area contributed by atoms with Gasteiger partial charge in [0.1, 0.15) is 11.5 Å². The number of amides is 1. The van der Waals surface area contributed by atoms with Crippen LogP contribution in [0.3, 0.4) is 0 Å². The second-order valence-electron chi connectivity index (χ2n) is 7.28. The number of hydrogen-bond donors (Lipinski definition) is 0. The van der Waals surface area contributed by atoms with Gasteiger partial charge in [0.25, 0.3) is 0 Å². The maximum Gasteiger partial charge on any atom is 0.228 e. The van der Waals surface area contributed by atoms with Crippen LogP contribution in [0.15, 0.2) is 30.6 Å². The SMILES string of the molecule is Cc1cn(C)c(C2CCCN(C(=O)Cc3c(C)nc4ccccn34)C2)n1. The molecule has 6 nitrogen and oxygen atoms in total. The lowest BCUT2D eigenvalue weighted by atomic mass is 9.96. The van der Waals surface area contributed by atoms with E-state index in [1.54, 1.807) is 0 Å². The van der Waals surface area contributed by atoms with Crippen LogP contribution in [0.2, 0.25) is 0 Å². The number of aryl methyl sites for hydroxylation is 3. The van der Waals surface area contributed by atoms with E-state index in [4.69, 9.17) is 0 Å². The second-order valence-corrected chi connectivity index (χ2v) is 7.28. The van der Waals surface area contributed by atoms with E-state index in [1.807, 2.05) is 54.6 Å². The molecule has 0 bridgehead atoms. The number of aromatic nitrogens is 4. The number of hydrogen-bond acceptors (Lipinski definition) is 3. The van der Waals surface area contributed by atoms with Gasteiger partial charge in [0.05, 0.1) is 23.5 Å².